The van der Waals surface area contributed by atoms with E-state index < -0.39 is 5.97 Å². The first kappa shape index (κ1) is 14.6. The number of carbonyl (C=O) groups is 1. The molecule has 0 unspecified atom stereocenters. The minimum Gasteiger partial charge on any atom is -0.481 e. The summed E-state index contributed by atoms with van der Waals surface area (Å²) in [4.78, 5) is 10.6. The van der Waals surface area contributed by atoms with Crippen LogP contribution in [-0.2, 0) is 31.4 Å². The molecule has 6 heteroatoms. The van der Waals surface area contributed by atoms with Crippen molar-refractivity contribution in [1.29, 1.82) is 0 Å². The van der Waals surface area contributed by atoms with Crippen molar-refractivity contribution in [3.8, 4) is 0 Å². The molecule has 0 amide bonds. The Morgan fingerprint density at radius 1 is 1.30 bits per heavy atom. The zero-order chi connectivity index (χ0) is 14.5. The molecular weight excluding hydrogens is 278 g/mol. The topological polar surface area (TPSA) is 67.2 Å². The van der Waals surface area contributed by atoms with Crippen LogP contribution in [0.25, 0.3) is 0 Å². The van der Waals surface area contributed by atoms with Gasteiger partial charge in [0.25, 0.3) is 0 Å². The lowest BCUT2D eigenvalue weighted by molar-refractivity contribution is -0.136. The van der Waals surface area contributed by atoms with Gasteiger partial charge in [-0.25, -0.2) is 0 Å². The Bertz CT molecular complexity index is 593. The number of benzene rings is 1. The summed E-state index contributed by atoms with van der Waals surface area (Å²) < 4.78 is 1.68. The van der Waals surface area contributed by atoms with E-state index >= 15 is 0 Å². The molecule has 0 bridgehead atoms. The van der Waals surface area contributed by atoms with Gasteiger partial charge in [0, 0.05) is 26.3 Å². The molecule has 2 aromatic rings. The van der Waals surface area contributed by atoms with Crippen LogP contribution in [0, 0.1) is 0 Å². The molecule has 5 nitrogen and oxygen atoms in total. The van der Waals surface area contributed by atoms with Crippen LogP contribution in [0.2, 0.25) is 5.02 Å². The smallest absolute Gasteiger partial charge is 0.307 e. The number of hydrogen-bond acceptors (Lipinski definition) is 3. The summed E-state index contributed by atoms with van der Waals surface area (Å²) in [5.41, 5.74) is 2.71. The lowest BCUT2D eigenvalue weighted by Crippen LogP contribution is -2.13. The predicted molar refractivity (Wildman–Crippen MR) is 76.5 cm³/mol. The Balaban J connectivity index is 1.85. The molecule has 0 aliphatic heterocycles. The van der Waals surface area contributed by atoms with Gasteiger partial charge in [-0.1, -0.05) is 35.9 Å². The van der Waals surface area contributed by atoms with Gasteiger partial charge in [0.15, 0.2) is 0 Å². The third kappa shape index (κ3) is 4.08. The second-order valence-electron chi connectivity index (χ2n) is 4.59. The highest BCUT2D eigenvalue weighted by Crippen LogP contribution is 2.13. The van der Waals surface area contributed by atoms with Gasteiger partial charge < -0.3 is 10.4 Å². The van der Waals surface area contributed by atoms with E-state index in [4.69, 9.17) is 16.7 Å². The highest BCUT2D eigenvalue weighted by molar-refractivity contribution is 6.31. The maximum Gasteiger partial charge on any atom is 0.307 e. The third-order valence-corrected chi connectivity index (χ3v) is 3.17. The van der Waals surface area contributed by atoms with E-state index in [0.29, 0.717) is 18.1 Å². The molecule has 0 aliphatic rings. The van der Waals surface area contributed by atoms with E-state index in [1.807, 2.05) is 31.3 Å². The highest BCUT2D eigenvalue weighted by atomic mass is 35.5. The second-order valence-corrected chi connectivity index (χ2v) is 5.00. The SMILES string of the molecule is Cn1cc(Cl)c(CNCc2ccc(CC(=O)O)cc2)n1. The summed E-state index contributed by atoms with van der Waals surface area (Å²) in [6.45, 7) is 1.27. The maximum absolute atomic E-state index is 10.6. The fourth-order valence-corrected chi connectivity index (χ4v) is 2.15. The van der Waals surface area contributed by atoms with Gasteiger partial charge in [-0.15, -0.1) is 0 Å². The van der Waals surface area contributed by atoms with Crippen molar-refractivity contribution in [2.45, 2.75) is 19.5 Å². The van der Waals surface area contributed by atoms with E-state index in [-0.39, 0.29) is 6.42 Å². The molecule has 0 saturated carbocycles. The van der Waals surface area contributed by atoms with Gasteiger partial charge in [-0.3, -0.25) is 9.48 Å². The zero-order valence-corrected chi connectivity index (χ0v) is 11.9. The first-order valence-electron chi connectivity index (χ1n) is 6.23. The van der Waals surface area contributed by atoms with Gasteiger partial charge in [0.2, 0.25) is 0 Å². The summed E-state index contributed by atoms with van der Waals surface area (Å²) >= 11 is 6.02. The van der Waals surface area contributed by atoms with Crippen LogP contribution < -0.4 is 5.32 Å². The number of nitrogens with zero attached hydrogens (tertiary/aromatic N) is 2. The van der Waals surface area contributed by atoms with E-state index in [9.17, 15) is 4.79 Å². The Morgan fingerprint density at radius 3 is 2.50 bits per heavy atom. The van der Waals surface area contributed by atoms with Crippen LogP contribution in [-0.4, -0.2) is 20.9 Å². The summed E-state index contributed by atoms with van der Waals surface area (Å²) in [6.07, 6.45) is 1.82. The molecule has 20 heavy (non-hydrogen) atoms. The molecule has 0 aliphatic carbocycles. The lowest BCUT2D eigenvalue weighted by Gasteiger charge is -2.04. The number of nitrogens with one attached hydrogen (secondary N) is 1. The number of hydrogen-bond donors (Lipinski definition) is 2. The van der Waals surface area contributed by atoms with Crippen molar-refractivity contribution < 1.29 is 9.90 Å². The van der Waals surface area contributed by atoms with Crippen LogP contribution in [0.3, 0.4) is 0 Å². The van der Waals surface area contributed by atoms with E-state index in [2.05, 4.69) is 10.4 Å². The van der Waals surface area contributed by atoms with Gasteiger partial charge >= 0.3 is 5.97 Å². The number of aromatic nitrogens is 2. The molecule has 2 rings (SSSR count). The minimum atomic E-state index is -0.819. The molecule has 1 heterocycles. The number of carboxylic acid groups (broad SMARTS) is 1. The molecule has 0 atom stereocenters. The van der Waals surface area contributed by atoms with Crippen molar-refractivity contribution in [1.82, 2.24) is 15.1 Å². The van der Waals surface area contributed by atoms with E-state index in [0.717, 1.165) is 16.8 Å². The molecule has 0 saturated heterocycles. The standard InChI is InChI=1S/C14H16ClN3O2/c1-18-9-12(15)13(17-18)8-16-7-11-4-2-10(3-5-11)6-14(19)20/h2-5,9,16H,6-8H2,1H3,(H,19,20). The van der Waals surface area contributed by atoms with Crippen molar-refractivity contribution in [3.63, 3.8) is 0 Å². The number of aryl methyl sites for hydroxylation is 1. The van der Waals surface area contributed by atoms with E-state index in [1.54, 1.807) is 10.9 Å². The van der Waals surface area contributed by atoms with Crippen molar-refractivity contribution in [3.05, 3.63) is 52.3 Å². The number of aliphatic carboxylic acids is 1. The number of carboxylic acids is 1. The quantitative estimate of drug-likeness (QED) is 0.855. The van der Waals surface area contributed by atoms with Crippen molar-refractivity contribution >= 4 is 17.6 Å². The average molecular weight is 294 g/mol. The van der Waals surface area contributed by atoms with E-state index in [1.165, 1.54) is 0 Å². The van der Waals surface area contributed by atoms with Gasteiger partial charge in [0.05, 0.1) is 17.1 Å². The number of halogens is 1. The second kappa shape index (κ2) is 6.54. The molecule has 1 aromatic carbocycles. The van der Waals surface area contributed by atoms with Crippen molar-refractivity contribution in [2.24, 2.45) is 7.05 Å². The highest BCUT2D eigenvalue weighted by Gasteiger charge is 2.05. The fourth-order valence-electron chi connectivity index (χ4n) is 1.90. The maximum atomic E-state index is 10.6. The zero-order valence-electron chi connectivity index (χ0n) is 11.1. The van der Waals surface area contributed by atoms with Crippen LogP contribution >= 0.6 is 11.6 Å². The molecule has 2 N–H and O–H groups in total. The Hall–Kier alpha value is -1.85. The Labute approximate surface area is 122 Å². The Kier molecular flexibility index (Phi) is 4.76. The molecule has 0 spiro atoms. The fraction of sp³-hybridized carbons (Fsp3) is 0.286. The number of rotatable bonds is 6. The molecular formula is C14H16ClN3O2. The van der Waals surface area contributed by atoms with Gasteiger partial charge in [-0.2, -0.15) is 5.10 Å². The predicted octanol–water partition coefficient (Wildman–Crippen LogP) is 1.99. The summed E-state index contributed by atoms with van der Waals surface area (Å²) in [7, 11) is 1.83. The first-order valence-corrected chi connectivity index (χ1v) is 6.61. The first-order chi connectivity index (χ1) is 9.54. The molecule has 0 fully saturated rings. The molecule has 1 aromatic heterocycles. The van der Waals surface area contributed by atoms with Crippen molar-refractivity contribution in [2.75, 3.05) is 0 Å². The molecule has 0 radical (unpaired) electrons. The van der Waals surface area contributed by atoms with Crippen LogP contribution in [0.15, 0.2) is 30.5 Å². The van der Waals surface area contributed by atoms with Crippen LogP contribution in [0.4, 0.5) is 0 Å². The normalized spacial score (nSPS) is 10.7. The molecule has 106 valence electrons. The summed E-state index contributed by atoms with van der Waals surface area (Å²) in [5, 5.41) is 16.8. The third-order valence-electron chi connectivity index (χ3n) is 2.85. The summed E-state index contributed by atoms with van der Waals surface area (Å²) in [5.74, 6) is -0.819. The van der Waals surface area contributed by atoms with Crippen LogP contribution in [0.1, 0.15) is 16.8 Å². The average Bonchev–Trinajstić information content (AvgIpc) is 2.69. The van der Waals surface area contributed by atoms with Gasteiger partial charge in [-0.05, 0) is 11.1 Å². The summed E-state index contributed by atoms with van der Waals surface area (Å²) in [6, 6.07) is 7.51. The monoisotopic (exact) mass is 293 g/mol. The van der Waals surface area contributed by atoms with Gasteiger partial charge in [0.1, 0.15) is 0 Å². The Morgan fingerprint density at radius 2 is 1.95 bits per heavy atom. The minimum absolute atomic E-state index is 0.0528. The largest absolute Gasteiger partial charge is 0.481 e. The van der Waals surface area contributed by atoms with Crippen LogP contribution in [0.5, 0.6) is 0 Å². The lowest BCUT2D eigenvalue weighted by atomic mass is 10.1.